The predicted octanol–water partition coefficient (Wildman–Crippen LogP) is 4.29. The second-order valence-corrected chi connectivity index (χ2v) is 7.77. The van der Waals surface area contributed by atoms with Crippen molar-refractivity contribution in [2.75, 3.05) is 12.4 Å². The number of rotatable bonds is 8. The van der Waals surface area contributed by atoms with Gasteiger partial charge in [-0.2, -0.15) is 0 Å². The van der Waals surface area contributed by atoms with Crippen LogP contribution >= 0.6 is 21.6 Å². The van der Waals surface area contributed by atoms with E-state index in [9.17, 15) is 4.79 Å². The highest BCUT2D eigenvalue weighted by atomic mass is 33.1. The van der Waals surface area contributed by atoms with Gasteiger partial charge in [-0.3, -0.25) is 4.79 Å². The zero-order chi connectivity index (χ0) is 12.5. The molecule has 0 aliphatic carbocycles. The number of carbonyl (C=O) groups excluding carboxylic acids is 1. The normalized spacial score (nSPS) is 19.8. The number of carbonyl (C=O) groups is 1. The Kier molecular flexibility index (Phi) is 8.19. The van der Waals surface area contributed by atoms with Gasteiger partial charge in [-0.15, -0.1) is 0 Å². The van der Waals surface area contributed by atoms with Crippen LogP contribution in [-0.2, 0) is 9.53 Å². The molecule has 1 heterocycles. The largest absolute Gasteiger partial charge is 0.466 e. The average molecular weight is 276 g/mol. The van der Waals surface area contributed by atoms with Gasteiger partial charge in [0, 0.05) is 17.4 Å². The number of hydrogen-bond donors (Lipinski definition) is 0. The summed E-state index contributed by atoms with van der Waals surface area (Å²) < 4.78 is 5.18. The predicted molar refractivity (Wildman–Crippen MR) is 77.3 cm³/mol. The summed E-state index contributed by atoms with van der Waals surface area (Å²) in [4.78, 5) is 11.4. The van der Waals surface area contributed by atoms with Crippen LogP contribution in [0.3, 0.4) is 0 Å². The highest BCUT2D eigenvalue weighted by molar-refractivity contribution is 8.77. The van der Waals surface area contributed by atoms with Crippen LogP contribution in [-0.4, -0.2) is 23.6 Å². The molecule has 0 radical (unpaired) electrons. The first kappa shape index (κ1) is 15.2. The van der Waals surface area contributed by atoms with E-state index in [1.807, 2.05) is 21.6 Å². The SMILES string of the molecule is CC(C)CCOC(=O)CCCCC1CCSS1. The van der Waals surface area contributed by atoms with Crippen LogP contribution in [0.4, 0.5) is 0 Å². The topological polar surface area (TPSA) is 26.3 Å². The first-order valence-corrected chi connectivity index (χ1v) is 9.00. The maximum atomic E-state index is 11.4. The van der Waals surface area contributed by atoms with Crippen LogP contribution in [0.15, 0.2) is 0 Å². The fourth-order valence-electron chi connectivity index (χ4n) is 1.69. The monoisotopic (exact) mass is 276 g/mol. The summed E-state index contributed by atoms with van der Waals surface area (Å²) in [7, 11) is 4.00. The quantitative estimate of drug-likeness (QED) is 0.375. The van der Waals surface area contributed by atoms with Crippen molar-refractivity contribution in [1.29, 1.82) is 0 Å². The number of hydrogen-bond acceptors (Lipinski definition) is 4. The lowest BCUT2D eigenvalue weighted by Crippen LogP contribution is -2.07. The van der Waals surface area contributed by atoms with Gasteiger partial charge in [-0.05, 0) is 31.6 Å². The molecule has 100 valence electrons. The van der Waals surface area contributed by atoms with Gasteiger partial charge < -0.3 is 4.74 Å². The molecule has 1 aliphatic heterocycles. The second kappa shape index (κ2) is 9.15. The molecule has 1 unspecified atom stereocenters. The van der Waals surface area contributed by atoms with Gasteiger partial charge in [0.25, 0.3) is 0 Å². The van der Waals surface area contributed by atoms with E-state index in [4.69, 9.17) is 4.74 Å². The van der Waals surface area contributed by atoms with E-state index < -0.39 is 0 Å². The zero-order valence-corrected chi connectivity index (χ0v) is 12.6. The van der Waals surface area contributed by atoms with E-state index >= 15 is 0 Å². The minimum atomic E-state index is -0.0147. The lowest BCUT2D eigenvalue weighted by molar-refractivity contribution is -0.144. The minimum absolute atomic E-state index is 0.0147. The molecule has 0 N–H and O–H groups in total. The Balaban J connectivity index is 1.89. The fourth-order valence-corrected chi connectivity index (χ4v) is 4.71. The summed E-state index contributed by atoms with van der Waals surface area (Å²) in [5, 5.41) is 0.831. The van der Waals surface area contributed by atoms with Crippen LogP contribution in [0.5, 0.6) is 0 Å². The van der Waals surface area contributed by atoms with Crippen LogP contribution < -0.4 is 0 Å². The van der Waals surface area contributed by atoms with Crippen LogP contribution in [0.25, 0.3) is 0 Å². The van der Waals surface area contributed by atoms with Gasteiger partial charge >= 0.3 is 5.97 Å². The van der Waals surface area contributed by atoms with E-state index in [0.717, 1.165) is 24.5 Å². The Labute approximate surface area is 113 Å². The van der Waals surface area contributed by atoms with Gasteiger partial charge in [0.15, 0.2) is 0 Å². The molecule has 2 nitrogen and oxygen atoms in total. The van der Waals surface area contributed by atoms with Crippen molar-refractivity contribution in [3.8, 4) is 0 Å². The molecule has 0 bridgehead atoms. The maximum absolute atomic E-state index is 11.4. The van der Waals surface area contributed by atoms with Gasteiger partial charge in [0.1, 0.15) is 0 Å². The zero-order valence-electron chi connectivity index (χ0n) is 10.9. The summed E-state index contributed by atoms with van der Waals surface area (Å²) in [6, 6.07) is 0. The van der Waals surface area contributed by atoms with Crippen molar-refractivity contribution >= 4 is 27.6 Å². The van der Waals surface area contributed by atoms with E-state index in [1.165, 1.54) is 18.6 Å². The molecular weight excluding hydrogens is 252 g/mol. The average Bonchev–Trinajstić information content (AvgIpc) is 2.76. The van der Waals surface area contributed by atoms with Crippen molar-refractivity contribution in [3.63, 3.8) is 0 Å². The van der Waals surface area contributed by atoms with Gasteiger partial charge in [0.05, 0.1) is 6.61 Å². The molecule has 1 fully saturated rings. The lowest BCUT2D eigenvalue weighted by Gasteiger charge is -2.08. The van der Waals surface area contributed by atoms with Crippen molar-refractivity contribution in [2.24, 2.45) is 5.92 Å². The molecule has 1 aliphatic rings. The Morgan fingerprint density at radius 1 is 1.41 bits per heavy atom. The Bertz CT molecular complexity index is 213. The fraction of sp³-hybridized carbons (Fsp3) is 0.923. The Morgan fingerprint density at radius 2 is 2.24 bits per heavy atom. The highest BCUT2D eigenvalue weighted by Crippen LogP contribution is 2.39. The molecule has 4 heteroatoms. The third-order valence-corrected chi connectivity index (χ3v) is 5.85. The summed E-state index contributed by atoms with van der Waals surface area (Å²) >= 11 is 0. The van der Waals surface area contributed by atoms with Crippen LogP contribution in [0.1, 0.15) is 52.4 Å². The summed E-state index contributed by atoms with van der Waals surface area (Å²) in [5.74, 6) is 1.89. The minimum Gasteiger partial charge on any atom is -0.466 e. The van der Waals surface area contributed by atoms with E-state index in [2.05, 4.69) is 13.8 Å². The third-order valence-electron chi connectivity index (χ3n) is 2.84. The molecule has 0 aromatic heterocycles. The van der Waals surface area contributed by atoms with Crippen LogP contribution in [0, 0.1) is 5.92 Å². The molecule has 0 amide bonds. The smallest absolute Gasteiger partial charge is 0.305 e. The van der Waals surface area contributed by atoms with Crippen LogP contribution in [0.2, 0.25) is 0 Å². The van der Waals surface area contributed by atoms with E-state index in [1.54, 1.807) is 0 Å². The Hall–Kier alpha value is 0.170. The molecule has 1 saturated heterocycles. The standard InChI is InChI=1S/C13H24O2S2/c1-11(2)7-9-15-13(14)6-4-3-5-12-8-10-16-17-12/h11-12H,3-10H2,1-2H3. The first-order valence-electron chi connectivity index (χ1n) is 6.62. The molecule has 0 saturated carbocycles. The van der Waals surface area contributed by atoms with Gasteiger partial charge in [-0.1, -0.05) is 41.9 Å². The van der Waals surface area contributed by atoms with Crippen molar-refractivity contribution in [2.45, 2.75) is 57.6 Å². The third kappa shape index (κ3) is 7.98. The summed E-state index contributed by atoms with van der Waals surface area (Å²) in [6.07, 6.45) is 6.33. The second-order valence-electron chi connectivity index (χ2n) is 4.98. The van der Waals surface area contributed by atoms with Crippen molar-refractivity contribution < 1.29 is 9.53 Å². The first-order chi connectivity index (χ1) is 8.18. The summed E-state index contributed by atoms with van der Waals surface area (Å²) in [5.41, 5.74) is 0. The number of esters is 1. The van der Waals surface area contributed by atoms with E-state index in [0.29, 0.717) is 18.9 Å². The van der Waals surface area contributed by atoms with Gasteiger partial charge in [0.2, 0.25) is 0 Å². The Morgan fingerprint density at radius 3 is 2.88 bits per heavy atom. The lowest BCUT2D eigenvalue weighted by atomic mass is 10.1. The van der Waals surface area contributed by atoms with Crippen molar-refractivity contribution in [3.05, 3.63) is 0 Å². The highest BCUT2D eigenvalue weighted by Gasteiger charge is 2.15. The van der Waals surface area contributed by atoms with E-state index in [-0.39, 0.29) is 5.97 Å². The molecule has 0 spiro atoms. The van der Waals surface area contributed by atoms with Crippen molar-refractivity contribution in [1.82, 2.24) is 0 Å². The maximum Gasteiger partial charge on any atom is 0.305 e. The number of ether oxygens (including phenoxy) is 1. The summed E-state index contributed by atoms with van der Waals surface area (Å²) in [6.45, 7) is 4.88. The number of unbranched alkanes of at least 4 members (excludes halogenated alkanes) is 1. The molecule has 1 rings (SSSR count). The molecule has 0 aromatic carbocycles. The molecule has 1 atom stereocenters. The molecule has 17 heavy (non-hydrogen) atoms. The van der Waals surface area contributed by atoms with Gasteiger partial charge in [-0.25, -0.2) is 0 Å². The molecule has 0 aromatic rings. The molecular formula is C13H24O2S2.